The number of nitriles is 1. The van der Waals surface area contributed by atoms with E-state index in [0.717, 1.165) is 37.6 Å². The molecule has 23 heavy (non-hydrogen) atoms. The zero-order valence-electron chi connectivity index (χ0n) is 13.2. The Hall–Kier alpha value is -2.36. The average molecular weight is 316 g/mol. The Morgan fingerprint density at radius 2 is 2.00 bits per heavy atom. The first kappa shape index (κ1) is 17.0. The van der Waals surface area contributed by atoms with Crippen LogP contribution in [0, 0.1) is 11.3 Å². The van der Waals surface area contributed by atoms with E-state index in [1.54, 1.807) is 0 Å². The van der Waals surface area contributed by atoms with Crippen molar-refractivity contribution >= 4 is 17.7 Å². The van der Waals surface area contributed by atoms with E-state index in [9.17, 15) is 4.79 Å². The molecule has 0 aliphatic carbocycles. The minimum Gasteiger partial charge on any atom is -0.459 e. The number of carbonyl (C=O) groups is 1. The standard InChI is InChI=1S/C17H20N2O4/c1-21-10-11-23-17(20)15(13-18)12-14-2-4-16(5-3-14)19-6-8-22-9-7-19/h2-5,12H,6-11H2,1H3/b15-12-. The molecule has 122 valence electrons. The van der Waals surface area contributed by atoms with Crippen LogP contribution < -0.4 is 4.90 Å². The molecule has 1 heterocycles. The van der Waals surface area contributed by atoms with Crippen LogP contribution >= 0.6 is 0 Å². The van der Waals surface area contributed by atoms with Gasteiger partial charge in [0.25, 0.3) is 0 Å². The maximum Gasteiger partial charge on any atom is 0.348 e. The van der Waals surface area contributed by atoms with E-state index >= 15 is 0 Å². The first-order chi connectivity index (χ1) is 11.2. The van der Waals surface area contributed by atoms with E-state index in [-0.39, 0.29) is 12.2 Å². The molecule has 6 nitrogen and oxygen atoms in total. The Bertz CT molecular complexity index is 584. The van der Waals surface area contributed by atoms with Crippen molar-refractivity contribution in [2.24, 2.45) is 0 Å². The van der Waals surface area contributed by atoms with Crippen LogP contribution in [0.1, 0.15) is 5.56 Å². The predicted molar refractivity (Wildman–Crippen MR) is 85.9 cm³/mol. The van der Waals surface area contributed by atoms with Crippen LogP contribution in [0.3, 0.4) is 0 Å². The van der Waals surface area contributed by atoms with E-state index in [1.165, 1.54) is 13.2 Å². The zero-order valence-corrected chi connectivity index (χ0v) is 13.2. The molecule has 0 bridgehead atoms. The monoisotopic (exact) mass is 316 g/mol. The molecule has 1 fully saturated rings. The Balaban J connectivity index is 2.02. The van der Waals surface area contributed by atoms with E-state index in [0.29, 0.717) is 6.61 Å². The lowest BCUT2D eigenvalue weighted by Gasteiger charge is -2.28. The molecule has 1 aromatic carbocycles. The second kappa shape index (κ2) is 8.93. The number of anilines is 1. The maximum absolute atomic E-state index is 11.8. The van der Waals surface area contributed by atoms with Crippen LogP contribution in [0.4, 0.5) is 5.69 Å². The van der Waals surface area contributed by atoms with Gasteiger partial charge in [-0.2, -0.15) is 5.26 Å². The third kappa shape index (κ3) is 5.09. The zero-order chi connectivity index (χ0) is 16.5. The SMILES string of the molecule is COCCOC(=O)/C(C#N)=C\c1ccc(N2CCOCC2)cc1. The van der Waals surface area contributed by atoms with Gasteiger partial charge in [0.15, 0.2) is 0 Å². The Morgan fingerprint density at radius 1 is 1.30 bits per heavy atom. The fourth-order valence-electron chi connectivity index (χ4n) is 2.20. The molecule has 0 unspecified atom stereocenters. The van der Waals surface area contributed by atoms with Crippen LogP contribution in [-0.4, -0.2) is 52.6 Å². The van der Waals surface area contributed by atoms with Gasteiger partial charge in [-0.15, -0.1) is 0 Å². The first-order valence-electron chi connectivity index (χ1n) is 7.45. The highest BCUT2D eigenvalue weighted by Gasteiger charge is 2.12. The highest BCUT2D eigenvalue weighted by molar-refractivity contribution is 5.97. The van der Waals surface area contributed by atoms with Gasteiger partial charge in [-0.3, -0.25) is 0 Å². The molecular weight excluding hydrogens is 296 g/mol. The summed E-state index contributed by atoms with van der Waals surface area (Å²) in [7, 11) is 1.52. The highest BCUT2D eigenvalue weighted by atomic mass is 16.6. The molecule has 1 aliphatic heterocycles. The fourth-order valence-corrected chi connectivity index (χ4v) is 2.20. The molecule has 1 aromatic rings. The molecule has 1 aliphatic rings. The lowest BCUT2D eigenvalue weighted by atomic mass is 10.1. The molecule has 0 atom stereocenters. The summed E-state index contributed by atoms with van der Waals surface area (Å²) < 4.78 is 15.1. The van der Waals surface area contributed by atoms with Gasteiger partial charge < -0.3 is 19.1 Å². The smallest absolute Gasteiger partial charge is 0.348 e. The number of rotatable bonds is 6. The van der Waals surface area contributed by atoms with Crippen molar-refractivity contribution in [2.45, 2.75) is 0 Å². The summed E-state index contributed by atoms with van der Waals surface area (Å²) in [5.41, 5.74) is 1.86. The molecule has 6 heteroatoms. The Morgan fingerprint density at radius 3 is 2.61 bits per heavy atom. The van der Waals surface area contributed by atoms with Crippen molar-refractivity contribution in [3.8, 4) is 6.07 Å². The summed E-state index contributed by atoms with van der Waals surface area (Å²) in [6, 6.07) is 9.58. The van der Waals surface area contributed by atoms with Crippen molar-refractivity contribution in [3.63, 3.8) is 0 Å². The third-order valence-corrected chi connectivity index (χ3v) is 3.44. The topological polar surface area (TPSA) is 71.8 Å². The van der Waals surface area contributed by atoms with Crippen molar-refractivity contribution in [3.05, 3.63) is 35.4 Å². The van der Waals surface area contributed by atoms with Gasteiger partial charge in [0.1, 0.15) is 18.2 Å². The Labute approximate surface area is 135 Å². The van der Waals surface area contributed by atoms with Crippen molar-refractivity contribution in [2.75, 3.05) is 51.5 Å². The fraction of sp³-hybridized carbons (Fsp3) is 0.412. The number of benzene rings is 1. The van der Waals surface area contributed by atoms with Crippen molar-refractivity contribution in [1.82, 2.24) is 0 Å². The number of morpholine rings is 1. The van der Waals surface area contributed by atoms with Gasteiger partial charge in [-0.05, 0) is 23.8 Å². The largest absolute Gasteiger partial charge is 0.459 e. The average Bonchev–Trinajstić information content (AvgIpc) is 2.61. The lowest BCUT2D eigenvalue weighted by Crippen LogP contribution is -2.36. The predicted octanol–water partition coefficient (Wildman–Crippen LogP) is 1.62. The van der Waals surface area contributed by atoms with E-state index in [4.69, 9.17) is 19.5 Å². The third-order valence-electron chi connectivity index (χ3n) is 3.44. The lowest BCUT2D eigenvalue weighted by molar-refractivity contribution is -0.139. The summed E-state index contributed by atoms with van der Waals surface area (Å²) >= 11 is 0. The van der Waals surface area contributed by atoms with Gasteiger partial charge in [0.05, 0.1) is 19.8 Å². The van der Waals surface area contributed by atoms with Gasteiger partial charge in [0, 0.05) is 25.9 Å². The van der Waals surface area contributed by atoms with E-state index < -0.39 is 5.97 Å². The molecule has 0 spiro atoms. The minimum atomic E-state index is -0.637. The number of ether oxygens (including phenoxy) is 3. The molecule has 0 N–H and O–H groups in total. The number of hydrogen-bond acceptors (Lipinski definition) is 6. The normalized spacial score (nSPS) is 15.1. The van der Waals surface area contributed by atoms with Gasteiger partial charge in [-0.25, -0.2) is 4.79 Å². The summed E-state index contributed by atoms with van der Waals surface area (Å²) in [5, 5.41) is 9.10. The van der Waals surface area contributed by atoms with Crippen LogP contribution in [0.15, 0.2) is 29.8 Å². The van der Waals surface area contributed by atoms with Crippen LogP contribution in [0.5, 0.6) is 0 Å². The van der Waals surface area contributed by atoms with E-state index in [1.807, 2.05) is 30.3 Å². The molecule has 0 aromatic heterocycles. The summed E-state index contributed by atoms with van der Waals surface area (Å²) in [4.78, 5) is 14.0. The summed E-state index contributed by atoms with van der Waals surface area (Å²) in [5.74, 6) is -0.637. The second-order valence-electron chi connectivity index (χ2n) is 4.99. The summed E-state index contributed by atoms with van der Waals surface area (Å²) in [6.45, 7) is 3.62. The minimum absolute atomic E-state index is 0.0276. The van der Waals surface area contributed by atoms with Crippen molar-refractivity contribution in [1.29, 1.82) is 5.26 Å². The molecular formula is C17H20N2O4. The molecule has 0 radical (unpaired) electrons. The number of carbonyl (C=O) groups excluding carboxylic acids is 1. The van der Waals surface area contributed by atoms with Gasteiger partial charge in [0.2, 0.25) is 0 Å². The molecule has 2 rings (SSSR count). The quantitative estimate of drug-likeness (QED) is 0.344. The van der Waals surface area contributed by atoms with Crippen molar-refractivity contribution < 1.29 is 19.0 Å². The van der Waals surface area contributed by atoms with Crippen LogP contribution in [0.25, 0.3) is 6.08 Å². The number of hydrogen-bond donors (Lipinski definition) is 0. The van der Waals surface area contributed by atoms with E-state index in [2.05, 4.69) is 4.90 Å². The van der Waals surface area contributed by atoms with Gasteiger partial charge in [-0.1, -0.05) is 12.1 Å². The Kier molecular flexibility index (Phi) is 6.60. The van der Waals surface area contributed by atoms with Gasteiger partial charge >= 0.3 is 5.97 Å². The highest BCUT2D eigenvalue weighted by Crippen LogP contribution is 2.18. The molecule has 1 saturated heterocycles. The molecule has 0 amide bonds. The number of nitrogens with zero attached hydrogens (tertiary/aromatic N) is 2. The summed E-state index contributed by atoms with van der Waals surface area (Å²) in [6.07, 6.45) is 1.53. The maximum atomic E-state index is 11.8. The first-order valence-corrected chi connectivity index (χ1v) is 7.45. The second-order valence-corrected chi connectivity index (χ2v) is 4.99. The molecule has 0 saturated carbocycles. The van der Waals surface area contributed by atoms with Crippen LogP contribution in [-0.2, 0) is 19.0 Å². The van der Waals surface area contributed by atoms with Crippen LogP contribution in [0.2, 0.25) is 0 Å². The number of esters is 1. The number of methoxy groups -OCH3 is 1.